The first kappa shape index (κ1) is 16.7. The van der Waals surface area contributed by atoms with Gasteiger partial charge in [-0.05, 0) is 52.3 Å². The molecular weight excluding hydrogens is 340 g/mol. The summed E-state index contributed by atoms with van der Waals surface area (Å²) in [5.74, 6) is 1.35. The van der Waals surface area contributed by atoms with Crippen molar-refractivity contribution in [2.24, 2.45) is 0 Å². The van der Waals surface area contributed by atoms with Gasteiger partial charge < -0.3 is 14.5 Å². The van der Waals surface area contributed by atoms with Gasteiger partial charge in [0.05, 0.1) is 17.8 Å². The fraction of sp³-hybridized carbons (Fsp3) is 0.550. The summed E-state index contributed by atoms with van der Waals surface area (Å²) in [6.07, 6.45) is 7.87. The molecule has 5 heterocycles. The van der Waals surface area contributed by atoms with E-state index in [0.29, 0.717) is 11.9 Å². The molecule has 7 nitrogen and oxygen atoms in total. The van der Waals surface area contributed by atoms with Crippen LogP contribution in [0.5, 0.6) is 0 Å². The Labute approximate surface area is 158 Å². The van der Waals surface area contributed by atoms with Crippen LogP contribution >= 0.6 is 0 Å². The average molecular weight is 366 g/mol. The van der Waals surface area contributed by atoms with Crippen LogP contribution in [0.15, 0.2) is 18.5 Å². The summed E-state index contributed by atoms with van der Waals surface area (Å²) in [7, 11) is 2.07. The van der Waals surface area contributed by atoms with E-state index >= 15 is 0 Å². The highest BCUT2D eigenvalue weighted by Gasteiger charge is 2.34. The summed E-state index contributed by atoms with van der Waals surface area (Å²) in [6, 6.07) is 2.54. The molecule has 1 unspecified atom stereocenters. The van der Waals surface area contributed by atoms with Crippen LogP contribution in [0.1, 0.15) is 37.5 Å². The number of pyridine rings is 1. The number of aromatic nitrogens is 4. The normalized spacial score (nSPS) is 22.3. The largest absolute Gasteiger partial charge is 0.346 e. The molecule has 3 aromatic heterocycles. The molecule has 0 radical (unpaired) electrons. The molecule has 5 rings (SSSR count). The number of hydrogen-bond acceptors (Lipinski definition) is 4. The number of imidazole rings is 1. The first-order chi connectivity index (χ1) is 13.1. The smallest absolute Gasteiger partial charge is 0.239 e. The molecule has 0 aliphatic carbocycles. The zero-order valence-corrected chi connectivity index (χ0v) is 16.0. The number of amides is 1. The first-order valence-corrected chi connectivity index (χ1v) is 9.93. The highest BCUT2D eigenvalue weighted by atomic mass is 16.2. The highest BCUT2D eigenvalue weighted by molar-refractivity contribution is 6.01. The van der Waals surface area contributed by atoms with Gasteiger partial charge in [-0.25, -0.2) is 9.97 Å². The summed E-state index contributed by atoms with van der Waals surface area (Å²) >= 11 is 0. The maximum Gasteiger partial charge on any atom is 0.239 e. The predicted octanol–water partition coefficient (Wildman–Crippen LogP) is 2.48. The Bertz CT molecular complexity index is 997. The lowest BCUT2D eigenvalue weighted by Crippen LogP contribution is -2.47. The minimum absolute atomic E-state index is 0.0860. The number of carbonyl (C=O) groups excluding carboxylic acids is 1. The molecule has 7 heteroatoms. The van der Waals surface area contributed by atoms with Gasteiger partial charge in [-0.1, -0.05) is 0 Å². The van der Waals surface area contributed by atoms with E-state index in [1.807, 2.05) is 12.4 Å². The Morgan fingerprint density at radius 1 is 1.22 bits per heavy atom. The molecule has 2 saturated heterocycles. The van der Waals surface area contributed by atoms with Gasteiger partial charge in [0.1, 0.15) is 17.0 Å². The van der Waals surface area contributed by atoms with Crippen LogP contribution < -0.4 is 0 Å². The predicted molar refractivity (Wildman–Crippen MR) is 105 cm³/mol. The Hall–Kier alpha value is -2.41. The molecule has 2 fully saturated rings. The van der Waals surface area contributed by atoms with E-state index < -0.39 is 0 Å². The quantitative estimate of drug-likeness (QED) is 0.756. The van der Waals surface area contributed by atoms with Crippen molar-refractivity contribution in [3.63, 3.8) is 0 Å². The second-order valence-corrected chi connectivity index (χ2v) is 7.96. The van der Waals surface area contributed by atoms with Crippen LogP contribution in [0.4, 0.5) is 0 Å². The summed E-state index contributed by atoms with van der Waals surface area (Å²) in [5.41, 5.74) is 3.02. The first-order valence-electron chi connectivity index (χ1n) is 9.93. The van der Waals surface area contributed by atoms with E-state index in [0.717, 1.165) is 67.7 Å². The summed E-state index contributed by atoms with van der Waals surface area (Å²) in [5, 5.41) is 1.12. The number of H-pyrrole nitrogens is 1. The summed E-state index contributed by atoms with van der Waals surface area (Å²) in [6.45, 7) is 4.76. The number of nitrogens with one attached hydrogen (secondary N) is 1. The molecule has 0 saturated carbocycles. The fourth-order valence-electron chi connectivity index (χ4n) is 4.93. The maximum atomic E-state index is 12.9. The number of rotatable bonds is 2. The monoisotopic (exact) mass is 366 g/mol. The standard InChI is InChI=1S/C20H26N6O/c1-13-23-16-12-22-19-15(5-8-21-19)18(16)26(13)14-6-10-25(11-7-14)20(27)17-4-3-9-24(17)2/h5,8,12,14,17H,3-4,6-7,9-11H2,1-2H3,(H,21,22). The van der Waals surface area contributed by atoms with Crippen molar-refractivity contribution >= 4 is 28.0 Å². The van der Waals surface area contributed by atoms with Crippen molar-refractivity contribution < 1.29 is 4.79 Å². The van der Waals surface area contributed by atoms with Gasteiger partial charge in [-0.2, -0.15) is 0 Å². The maximum absolute atomic E-state index is 12.9. The van der Waals surface area contributed by atoms with E-state index in [-0.39, 0.29) is 6.04 Å². The van der Waals surface area contributed by atoms with Crippen molar-refractivity contribution in [1.82, 2.24) is 29.3 Å². The second-order valence-electron chi connectivity index (χ2n) is 7.96. The number of aryl methyl sites for hydroxylation is 1. The minimum atomic E-state index is 0.0860. The summed E-state index contributed by atoms with van der Waals surface area (Å²) in [4.78, 5) is 29.6. The molecule has 2 aliphatic heterocycles. The average Bonchev–Trinajstić information content (AvgIpc) is 3.38. The third kappa shape index (κ3) is 2.64. The molecule has 1 N–H and O–H groups in total. The Morgan fingerprint density at radius 3 is 2.78 bits per heavy atom. The SMILES string of the molecule is Cc1nc2cnc3[nH]ccc3c2n1C1CCN(C(=O)C2CCCN2C)CC1. The zero-order valence-electron chi connectivity index (χ0n) is 16.0. The number of likely N-dealkylation sites (tertiary alicyclic amines) is 2. The van der Waals surface area contributed by atoms with Gasteiger partial charge >= 0.3 is 0 Å². The van der Waals surface area contributed by atoms with Gasteiger partial charge in [-0.3, -0.25) is 9.69 Å². The molecule has 1 atom stereocenters. The molecule has 0 bridgehead atoms. The van der Waals surface area contributed by atoms with Gasteiger partial charge in [0.25, 0.3) is 0 Å². The molecule has 2 aliphatic rings. The molecule has 1 amide bonds. The lowest BCUT2D eigenvalue weighted by molar-refractivity contribution is -0.136. The zero-order chi connectivity index (χ0) is 18.5. The topological polar surface area (TPSA) is 70.0 Å². The number of piperidine rings is 1. The molecule has 3 aromatic rings. The summed E-state index contributed by atoms with van der Waals surface area (Å²) < 4.78 is 2.37. The number of likely N-dealkylation sites (N-methyl/N-ethyl adjacent to an activating group) is 1. The number of fused-ring (bicyclic) bond motifs is 3. The molecule has 142 valence electrons. The van der Waals surface area contributed by atoms with Crippen molar-refractivity contribution in [3.05, 3.63) is 24.3 Å². The van der Waals surface area contributed by atoms with E-state index in [4.69, 9.17) is 4.98 Å². The minimum Gasteiger partial charge on any atom is -0.346 e. The molecule has 0 spiro atoms. The highest BCUT2D eigenvalue weighted by Crippen LogP contribution is 2.32. The number of aromatic amines is 1. The third-order valence-electron chi connectivity index (χ3n) is 6.36. The van der Waals surface area contributed by atoms with Crippen molar-refractivity contribution in [2.75, 3.05) is 26.7 Å². The van der Waals surface area contributed by atoms with E-state index in [9.17, 15) is 4.79 Å². The Balaban J connectivity index is 1.40. The van der Waals surface area contributed by atoms with Crippen LogP contribution in [-0.2, 0) is 4.79 Å². The fourth-order valence-corrected chi connectivity index (χ4v) is 4.93. The van der Waals surface area contributed by atoms with Crippen LogP contribution in [-0.4, -0.2) is 67.9 Å². The van der Waals surface area contributed by atoms with Crippen molar-refractivity contribution in [3.8, 4) is 0 Å². The van der Waals surface area contributed by atoms with Gasteiger partial charge in [0, 0.05) is 30.7 Å². The molecule has 0 aromatic carbocycles. The number of hydrogen-bond donors (Lipinski definition) is 1. The second kappa shape index (κ2) is 6.34. The number of carbonyl (C=O) groups is 1. The van der Waals surface area contributed by atoms with Crippen LogP contribution in [0.25, 0.3) is 22.1 Å². The Kier molecular flexibility index (Phi) is 3.93. The molecular formula is C20H26N6O. The number of nitrogens with zero attached hydrogens (tertiary/aromatic N) is 5. The third-order valence-corrected chi connectivity index (χ3v) is 6.36. The van der Waals surface area contributed by atoms with Crippen LogP contribution in [0, 0.1) is 6.92 Å². The van der Waals surface area contributed by atoms with Crippen LogP contribution in [0.2, 0.25) is 0 Å². The van der Waals surface area contributed by atoms with E-state index in [2.05, 4.69) is 44.4 Å². The van der Waals surface area contributed by atoms with Crippen LogP contribution in [0.3, 0.4) is 0 Å². The van der Waals surface area contributed by atoms with Crippen molar-refractivity contribution in [2.45, 2.75) is 44.7 Å². The lowest BCUT2D eigenvalue weighted by atomic mass is 10.0. The van der Waals surface area contributed by atoms with Crippen molar-refractivity contribution in [1.29, 1.82) is 0 Å². The Morgan fingerprint density at radius 2 is 2.04 bits per heavy atom. The van der Waals surface area contributed by atoms with Gasteiger partial charge in [0.15, 0.2) is 0 Å². The molecule has 27 heavy (non-hydrogen) atoms. The van der Waals surface area contributed by atoms with Gasteiger partial charge in [-0.15, -0.1) is 0 Å². The van der Waals surface area contributed by atoms with E-state index in [1.54, 1.807) is 0 Å². The van der Waals surface area contributed by atoms with E-state index in [1.165, 1.54) is 5.52 Å². The lowest BCUT2D eigenvalue weighted by Gasteiger charge is -2.35. The van der Waals surface area contributed by atoms with Gasteiger partial charge in [0.2, 0.25) is 5.91 Å².